The Labute approximate surface area is 179 Å². The molecule has 3 aromatic rings. The highest BCUT2D eigenvalue weighted by Crippen LogP contribution is 2.26. The fourth-order valence-electron chi connectivity index (χ4n) is 3.02. The van der Waals surface area contributed by atoms with Crippen molar-refractivity contribution in [1.29, 1.82) is 0 Å². The van der Waals surface area contributed by atoms with Crippen molar-refractivity contribution >= 4 is 21.8 Å². The van der Waals surface area contributed by atoms with Gasteiger partial charge in [-0.25, -0.2) is 4.98 Å². The Bertz CT molecular complexity index is 1070. The van der Waals surface area contributed by atoms with Crippen LogP contribution in [0.1, 0.15) is 17.7 Å². The van der Waals surface area contributed by atoms with Crippen LogP contribution < -0.4 is 4.74 Å². The molecule has 3 rings (SSSR count). The number of hydrogen-bond donors (Lipinski definition) is 2. The lowest BCUT2D eigenvalue weighted by Crippen LogP contribution is -2.20. The molecule has 2 N–H and O–H groups in total. The van der Waals surface area contributed by atoms with Crippen molar-refractivity contribution in [2.24, 2.45) is 0 Å². The van der Waals surface area contributed by atoms with Gasteiger partial charge in [0.2, 0.25) is 0 Å². The Morgan fingerprint density at radius 2 is 2.00 bits per heavy atom. The van der Waals surface area contributed by atoms with E-state index in [-0.39, 0.29) is 36.2 Å². The Hall–Kier alpha value is -2.50. The Balaban J connectivity index is 1.87. The van der Waals surface area contributed by atoms with Crippen LogP contribution in [0.4, 0.5) is 13.2 Å². The number of aliphatic hydroxyl groups excluding tert-OH is 2. The Morgan fingerprint density at radius 3 is 2.71 bits per heavy atom. The molecular formula is C20H22F3N3O4S. The van der Waals surface area contributed by atoms with Crippen LogP contribution in [0.5, 0.6) is 5.75 Å². The molecule has 168 valence electrons. The number of aryl methyl sites for hydroxylation is 1. The van der Waals surface area contributed by atoms with Gasteiger partial charge in [-0.2, -0.15) is 13.2 Å². The van der Waals surface area contributed by atoms with Gasteiger partial charge in [0.15, 0.2) is 11.8 Å². The first-order valence-electron chi connectivity index (χ1n) is 9.46. The van der Waals surface area contributed by atoms with E-state index in [4.69, 9.17) is 9.84 Å². The molecule has 7 nitrogen and oxygen atoms in total. The van der Waals surface area contributed by atoms with Gasteiger partial charge in [-0.15, -0.1) is 0 Å². The first-order valence-corrected chi connectivity index (χ1v) is 10.8. The number of fused-ring (bicyclic) bond motifs is 1. The normalized spacial score (nSPS) is 14.0. The number of ether oxygens (including phenoxy) is 1. The predicted octanol–water partition coefficient (Wildman–Crippen LogP) is 2.73. The molecule has 0 fully saturated rings. The number of hydrogen-bond acceptors (Lipinski definition) is 6. The minimum atomic E-state index is -4.47. The van der Waals surface area contributed by atoms with Gasteiger partial charge in [-0.05, 0) is 31.5 Å². The topological polar surface area (TPSA) is 97.5 Å². The number of pyridine rings is 1. The summed E-state index contributed by atoms with van der Waals surface area (Å²) in [5.41, 5.74) is 2.06. The van der Waals surface area contributed by atoms with Crippen molar-refractivity contribution in [2.75, 3.05) is 13.2 Å². The molecule has 0 spiro atoms. The molecule has 1 aromatic carbocycles. The molecule has 2 aromatic heterocycles. The highest BCUT2D eigenvalue weighted by Gasteiger charge is 2.29. The van der Waals surface area contributed by atoms with Gasteiger partial charge in [0.1, 0.15) is 5.75 Å². The molecule has 0 radical (unpaired) electrons. The lowest BCUT2D eigenvalue weighted by Gasteiger charge is -2.14. The van der Waals surface area contributed by atoms with Gasteiger partial charge in [0, 0.05) is 18.3 Å². The summed E-state index contributed by atoms with van der Waals surface area (Å²) in [5.74, 6) is -0.0418. The van der Waals surface area contributed by atoms with Crippen LogP contribution in [0.15, 0.2) is 41.7 Å². The van der Waals surface area contributed by atoms with Crippen molar-refractivity contribution in [1.82, 2.24) is 14.5 Å². The van der Waals surface area contributed by atoms with E-state index < -0.39 is 29.7 Å². The largest absolute Gasteiger partial charge is 0.484 e. The standard InChI is InChI=1S/C20H22F3N3O4S/c1-13-16(24-8-6-18(13)30-12-20(21,22)23)11-31(29)19-25-15-4-2-3-5-17(15)26(19)9-7-14(28)10-27/h2-6,8,14,27-28H,7,9-12H2,1H3. The molecule has 2 heterocycles. The molecule has 0 aliphatic heterocycles. The number of nitrogens with zero attached hydrogens (tertiary/aromatic N) is 3. The highest BCUT2D eigenvalue weighted by molar-refractivity contribution is 7.84. The third kappa shape index (κ3) is 5.81. The van der Waals surface area contributed by atoms with E-state index in [1.165, 1.54) is 12.3 Å². The second-order valence-electron chi connectivity index (χ2n) is 6.93. The lowest BCUT2D eigenvalue weighted by atomic mass is 10.2. The van der Waals surface area contributed by atoms with Crippen molar-refractivity contribution < 1.29 is 32.3 Å². The second-order valence-corrected chi connectivity index (χ2v) is 8.28. The minimum Gasteiger partial charge on any atom is -0.484 e. The number of imidazole rings is 1. The quantitative estimate of drug-likeness (QED) is 0.513. The van der Waals surface area contributed by atoms with Crippen LogP contribution in [-0.4, -0.2) is 54.5 Å². The maximum absolute atomic E-state index is 13.2. The summed E-state index contributed by atoms with van der Waals surface area (Å²) < 4.78 is 57.1. The number of aromatic nitrogens is 3. The highest BCUT2D eigenvalue weighted by atomic mass is 32.2. The van der Waals surface area contributed by atoms with Crippen molar-refractivity contribution in [3.05, 3.63) is 47.8 Å². The Kier molecular flexibility index (Phi) is 7.29. The average Bonchev–Trinajstić information content (AvgIpc) is 3.10. The van der Waals surface area contributed by atoms with E-state index in [0.29, 0.717) is 16.8 Å². The van der Waals surface area contributed by atoms with Crippen molar-refractivity contribution in [3.8, 4) is 5.75 Å². The summed E-state index contributed by atoms with van der Waals surface area (Å²) in [5, 5.41) is 19.0. The summed E-state index contributed by atoms with van der Waals surface area (Å²) >= 11 is 0. The predicted molar refractivity (Wildman–Crippen MR) is 108 cm³/mol. The van der Waals surface area contributed by atoms with Crippen LogP contribution in [0.2, 0.25) is 0 Å². The zero-order chi connectivity index (χ0) is 22.6. The van der Waals surface area contributed by atoms with Crippen LogP contribution >= 0.6 is 0 Å². The molecule has 0 saturated heterocycles. The smallest absolute Gasteiger partial charge is 0.422 e. The second kappa shape index (κ2) is 9.75. The monoisotopic (exact) mass is 457 g/mol. The molecule has 2 atom stereocenters. The van der Waals surface area contributed by atoms with Gasteiger partial charge in [0.25, 0.3) is 0 Å². The lowest BCUT2D eigenvalue weighted by molar-refractivity contribution is -0.153. The molecule has 0 saturated carbocycles. The van der Waals surface area contributed by atoms with Crippen LogP contribution in [0.3, 0.4) is 0 Å². The van der Waals surface area contributed by atoms with E-state index in [9.17, 15) is 22.5 Å². The molecule has 0 bridgehead atoms. The molecule has 11 heteroatoms. The third-order valence-corrected chi connectivity index (χ3v) is 5.89. The summed E-state index contributed by atoms with van der Waals surface area (Å²) in [6.45, 7) is 0.0263. The summed E-state index contributed by atoms with van der Waals surface area (Å²) in [7, 11) is -1.67. The zero-order valence-electron chi connectivity index (χ0n) is 16.7. The number of alkyl halides is 3. The number of aliphatic hydroxyl groups is 2. The maximum atomic E-state index is 13.2. The summed E-state index contributed by atoms with van der Waals surface area (Å²) in [6.07, 6.45) is -3.85. The third-order valence-electron chi connectivity index (χ3n) is 4.64. The fourth-order valence-corrected chi connectivity index (χ4v) is 4.33. The number of halogens is 3. The molecule has 0 aliphatic carbocycles. The first-order chi connectivity index (χ1) is 14.7. The summed E-state index contributed by atoms with van der Waals surface area (Å²) in [4.78, 5) is 8.60. The SMILES string of the molecule is Cc1c(OCC(F)(F)F)ccnc1CS(=O)c1nc2ccccc2n1CCC(O)CO. The number of rotatable bonds is 9. The Morgan fingerprint density at radius 1 is 1.26 bits per heavy atom. The van der Waals surface area contributed by atoms with Crippen molar-refractivity contribution in [2.45, 2.75) is 43.1 Å². The first kappa shape index (κ1) is 23.2. The fraction of sp³-hybridized carbons (Fsp3) is 0.400. The van der Waals surface area contributed by atoms with Gasteiger partial charge in [-0.3, -0.25) is 9.19 Å². The van der Waals surface area contributed by atoms with Crippen LogP contribution in [0, 0.1) is 6.92 Å². The van der Waals surface area contributed by atoms with Gasteiger partial charge in [-0.1, -0.05) is 12.1 Å². The van der Waals surface area contributed by atoms with E-state index in [0.717, 1.165) is 5.52 Å². The van der Waals surface area contributed by atoms with E-state index in [1.807, 2.05) is 12.1 Å². The zero-order valence-corrected chi connectivity index (χ0v) is 17.5. The number of para-hydroxylation sites is 2. The molecular weight excluding hydrogens is 435 g/mol. The van der Waals surface area contributed by atoms with E-state index in [2.05, 4.69) is 9.97 Å². The van der Waals surface area contributed by atoms with E-state index >= 15 is 0 Å². The number of benzene rings is 1. The van der Waals surface area contributed by atoms with Crippen molar-refractivity contribution in [3.63, 3.8) is 0 Å². The van der Waals surface area contributed by atoms with Crippen LogP contribution in [-0.2, 0) is 23.1 Å². The minimum absolute atomic E-state index is 0.0268. The molecule has 0 aliphatic rings. The molecule has 31 heavy (non-hydrogen) atoms. The molecule has 2 unspecified atom stereocenters. The molecule has 0 amide bonds. The van der Waals surface area contributed by atoms with Gasteiger partial charge < -0.3 is 19.5 Å². The summed E-state index contributed by atoms with van der Waals surface area (Å²) in [6, 6.07) is 8.51. The van der Waals surface area contributed by atoms with Gasteiger partial charge in [0.05, 0.1) is 46.0 Å². The average molecular weight is 457 g/mol. The van der Waals surface area contributed by atoms with Gasteiger partial charge >= 0.3 is 6.18 Å². The van der Waals surface area contributed by atoms with Crippen LogP contribution in [0.25, 0.3) is 11.0 Å². The maximum Gasteiger partial charge on any atom is 0.422 e. The van der Waals surface area contributed by atoms with E-state index in [1.54, 1.807) is 23.6 Å².